The molecule has 2 rings (SSSR count). The topological polar surface area (TPSA) is 107 Å². The molecule has 0 saturated carbocycles. The van der Waals surface area contributed by atoms with Crippen molar-refractivity contribution in [1.82, 2.24) is 4.57 Å². The molecular formula is C16H22N4O2Si. The molecule has 0 atom stereocenters. The lowest BCUT2D eigenvalue weighted by Gasteiger charge is -2.17. The number of nitrogens with zero attached hydrogens (tertiary/aromatic N) is 2. The number of hydrogen-bond acceptors (Lipinski definition) is 5. The molecule has 1 heterocycles. The SMILES string of the molecule is C[Si](C)(C)CCOCn1cc(C#N)c(=O)c2cc(N)c(N)cc21. The van der Waals surface area contributed by atoms with E-state index in [9.17, 15) is 4.79 Å². The quantitative estimate of drug-likeness (QED) is 0.497. The van der Waals surface area contributed by atoms with E-state index in [1.165, 1.54) is 12.3 Å². The first kappa shape index (κ1) is 17.1. The van der Waals surface area contributed by atoms with Gasteiger partial charge in [-0.15, -0.1) is 0 Å². The van der Waals surface area contributed by atoms with Gasteiger partial charge in [-0.05, 0) is 18.2 Å². The molecule has 0 unspecified atom stereocenters. The second kappa shape index (κ2) is 6.44. The van der Waals surface area contributed by atoms with Gasteiger partial charge in [0.2, 0.25) is 5.43 Å². The van der Waals surface area contributed by atoms with E-state index in [1.54, 1.807) is 10.6 Å². The van der Waals surface area contributed by atoms with Crippen LogP contribution in [0.2, 0.25) is 25.7 Å². The Hall–Kier alpha value is -2.30. The number of nitrogen functional groups attached to an aromatic ring is 2. The Kier molecular flexibility index (Phi) is 4.78. The van der Waals surface area contributed by atoms with E-state index in [2.05, 4.69) is 19.6 Å². The normalized spacial score (nSPS) is 11.6. The molecule has 0 fully saturated rings. The fraction of sp³-hybridized carbons (Fsp3) is 0.375. The van der Waals surface area contributed by atoms with Crippen molar-refractivity contribution in [3.8, 4) is 6.07 Å². The average Bonchev–Trinajstić information content (AvgIpc) is 2.46. The van der Waals surface area contributed by atoms with Crippen LogP contribution in [-0.4, -0.2) is 19.2 Å². The molecule has 1 aromatic heterocycles. The minimum absolute atomic E-state index is 0.0652. The van der Waals surface area contributed by atoms with E-state index in [4.69, 9.17) is 21.5 Å². The third-order valence-corrected chi connectivity index (χ3v) is 5.34. The number of benzene rings is 1. The summed E-state index contributed by atoms with van der Waals surface area (Å²) in [6, 6.07) is 6.14. The zero-order valence-electron chi connectivity index (χ0n) is 13.7. The van der Waals surface area contributed by atoms with Gasteiger partial charge in [-0.25, -0.2) is 0 Å². The molecule has 23 heavy (non-hydrogen) atoms. The minimum atomic E-state index is -1.17. The van der Waals surface area contributed by atoms with Crippen molar-refractivity contribution in [3.05, 3.63) is 34.1 Å². The van der Waals surface area contributed by atoms with Crippen molar-refractivity contribution in [2.75, 3.05) is 18.1 Å². The number of fused-ring (bicyclic) bond motifs is 1. The van der Waals surface area contributed by atoms with Crippen LogP contribution in [-0.2, 0) is 11.5 Å². The molecule has 0 aliphatic rings. The lowest BCUT2D eigenvalue weighted by atomic mass is 10.1. The van der Waals surface area contributed by atoms with Crippen molar-refractivity contribution in [3.63, 3.8) is 0 Å². The molecule has 2 aromatic rings. The largest absolute Gasteiger partial charge is 0.397 e. The maximum atomic E-state index is 12.3. The lowest BCUT2D eigenvalue weighted by molar-refractivity contribution is 0.0898. The van der Waals surface area contributed by atoms with E-state index in [0.717, 1.165) is 6.04 Å². The van der Waals surface area contributed by atoms with Gasteiger partial charge in [0.05, 0.1) is 16.9 Å². The summed E-state index contributed by atoms with van der Waals surface area (Å²) >= 11 is 0. The Morgan fingerprint density at radius 1 is 1.26 bits per heavy atom. The summed E-state index contributed by atoms with van der Waals surface area (Å²) in [7, 11) is -1.17. The first-order valence-corrected chi connectivity index (χ1v) is 11.1. The summed E-state index contributed by atoms with van der Waals surface area (Å²) in [5, 5.41) is 9.53. The van der Waals surface area contributed by atoms with Crippen molar-refractivity contribution in [2.45, 2.75) is 32.4 Å². The molecule has 0 saturated heterocycles. The summed E-state index contributed by atoms with van der Waals surface area (Å²) < 4.78 is 7.46. The van der Waals surface area contributed by atoms with Gasteiger partial charge in [0.25, 0.3) is 0 Å². The van der Waals surface area contributed by atoms with Crippen molar-refractivity contribution in [2.24, 2.45) is 0 Å². The molecule has 0 spiro atoms. The number of ether oxygens (including phenoxy) is 1. The fourth-order valence-electron chi connectivity index (χ4n) is 2.20. The highest BCUT2D eigenvalue weighted by atomic mass is 28.3. The van der Waals surface area contributed by atoms with Crippen molar-refractivity contribution >= 4 is 30.4 Å². The molecule has 4 N–H and O–H groups in total. The smallest absolute Gasteiger partial charge is 0.207 e. The standard InChI is InChI=1S/C16H22N4O2Si/c1-23(2,3)5-4-22-10-20-9-11(8-17)16(21)12-6-13(18)14(19)7-15(12)20/h6-7,9H,4-5,10,18-19H2,1-3H3. The molecule has 0 radical (unpaired) electrons. The van der Waals surface area contributed by atoms with Gasteiger partial charge in [-0.3, -0.25) is 4.79 Å². The number of nitriles is 1. The first-order valence-electron chi connectivity index (χ1n) is 7.43. The van der Waals surface area contributed by atoms with Gasteiger partial charge in [-0.2, -0.15) is 5.26 Å². The summed E-state index contributed by atoms with van der Waals surface area (Å²) in [5.41, 5.74) is 12.7. The van der Waals surface area contributed by atoms with Gasteiger partial charge < -0.3 is 20.8 Å². The molecule has 0 amide bonds. The van der Waals surface area contributed by atoms with Crippen LogP contribution in [0.15, 0.2) is 23.1 Å². The Bertz CT molecular complexity index is 831. The van der Waals surface area contributed by atoms with E-state index >= 15 is 0 Å². The first-order chi connectivity index (χ1) is 10.7. The number of pyridine rings is 1. The Labute approximate surface area is 136 Å². The number of anilines is 2. The number of hydrogen-bond donors (Lipinski definition) is 2. The molecular weight excluding hydrogens is 308 g/mol. The monoisotopic (exact) mass is 330 g/mol. The predicted octanol–water partition coefficient (Wildman–Crippen LogP) is 2.35. The summed E-state index contributed by atoms with van der Waals surface area (Å²) in [4.78, 5) is 12.3. The van der Waals surface area contributed by atoms with Crippen LogP contribution in [0, 0.1) is 11.3 Å². The number of nitrogens with two attached hydrogens (primary N) is 2. The highest BCUT2D eigenvalue weighted by molar-refractivity contribution is 6.76. The molecule has 1 aromatic carbocycles. The second-order valence-corrected chi connectivity index (χ2v) is 12.4. The molecule has 7 heteroatoms. The van der Waals surface area contributed by atoms with Gasteiger partial charge in [-0.1, -0.05) is 19.6 Å². The molecule has 0 aliphatic heterocycles. The van der Waals surface area contributed by atoms with Crippen LogP contribution >= 0.6 is 0 Å². The van der Waals surface area contributed by atoms with Crippen molar-refractivity contribution < 1.29 is 4.74 Å². The van der Waals surface area contributed by atoms with Crippen LogP contribution in [0.3, 0.4) is 0 Å². The summed E-state index contributed by atoms with van der Waals surface area (Å²) in [5.74, 6) is 0. The van der Waals surface area contributed by atoms with Gasteiger partial charge >= 0.3 is 0 Å². The van der Waals surface area contributed by atoms with Gasteiger partial charge in [0, 0.05) is 26.3 Å². The maximum Gasteiger partial charge on any atom is 0.207 e. The predicted molar refractivity (Wildman–Crippen MR) is 95.9 cm³/mol. The van der Waals surface area contributed by atoms with Gasteiger partial charge in [0.15, 0.2) is 0 Å². The zero-order chi connectivity index (χ0) is 17.2. The molecule has 122 valence electrons. The zero-order valence-corrected chi connectivity index (χ0v) is 14.7. The van der Waals surface area contributed by atoms with Crippen LogP contribution in [0.25, 0.3) is 10.9 Å². The Morgan fingerprint density at radius 3 is 2.52 bits per heavy atom. The van der Waals surface area contributed by atoms with Crippen LogP contribution < -0.4 is 16.9 Å². The molecule has 0 bridgehead atoms. The maximum absolute atomic E-state index is 12.3. The summed E-state index contributed by atoms with van der Waals surface area (Å²) in [6.07, 6.45) is 1.51. The fourth-order valence-corrected chi connectivity index (χ4v) is 2.95. The van der Waals surface area contributed by atoms with Crippen LogP contribution in [0.5, 0.6) is 0 Å². The lowest BCUT2D eigenvalue weighted by Crippen LogP contribution is -2.22. The average molecular weight is 330 g/mol. The third kappa shape index (κ3) is 3.91. The number of aromatic nitrogens is 1. The van der Waals surface area contributed by atoms with E-state index in [0.29, 0.717) is 28.9 Å². The molecule has 6 nitrogen and oxygen atoms in total. The highest BCUT2D eigenvalue weighted by Crippen LogP contribution is 2.22. The third-order valence-electron chi connectivity index (χ3n) is 3.63. The molecule has 0 aliphatic carbocycles. The van der Waals surface area contributed by atoms with E-state index in [-0.39, 0.29) is 17.7 Å². The van der Waals surface area contributed by atoms with E-state index < -0.39 is 8.07 Å². The summed E-state index contributed by atoms with van der Waals surface area (Å²) in [6.45, 7) is 7.75. The highest BCUT2D eigenvalue weighted by Gasteiger charge is 2.13. The van der Waals surface area contributed by atoms with Crippen LogP contribution in [0.1, 0.15) is 5.56 Å². The van der Waals surface area contributed by atoms with Crippen LogP contribution in [0.4, 0.5) is 11.4 Å². The number of rotatable bonds is 5. The van der Waals surface area contributed by atoms with E-state index in [1.807, 2.05) is 6.07 Å². The minimum Gasteiger partial charge on any atom is -0.397 e. The van der Waals surface area contributed by atoms with Gasteiger partial charge in [0.1, 0.15) is 18.4 Å². The second-order valence-electron chi connectivity index (χ2n) is 6.80. The van der Waals surface area contributed by atoms with Crippen molar-refractivity contribution in [1.29, 1.82) is 5.26 Å². The Morgan fingerprint density at radius 2 is 1.91 bits per heavy atom. The Balaban J connectivity index is 2.39.